The van der Waals surface area contributed by atoms with Crippen molar-refractivity contribution < 1.29 is 57.4 Å². The number of ether oxygens (including phenoxy) is 2. The van der Waals surface area contributed by atoms with Crippen LogP contribution in [0, 0.1) is 23.7 Å². The van der Waals surface area contributed by atoms with E-state index in [1.165, 1.54) is 23.5 Å². The molecule has 4 aliphatic rings. The topological polar surface area (TPSA) is 285 Å². The largest absolute Gasteiger partial charge is 0.456 e. The Hall–Kier alpha value is -4.42. The number of fused-ring (bicyclic) bond motifs is 6. The van der Waals surface area contributed by atoms with Gasteiger partial charge in [-0.25, -0.2) is 9.59 Å². The van der Waals surface area contributed by atoms with Crippen LogP contribution in [0.25, 0.3) is 0 Å². The molecule has 0 aromatic heterocycles. The number of allylic oxidation sites excluding steroid dienone is 2. The lowest BCUT2D eigenvalue weighted by Gasteiger charge is -2.28. The molecule has 0 aromatic carbocycles. The van der Waals surface area contributed by atoms with Gasteiger partial charge in [0, 0.05) is 33.5 Å². The van der Waals surface area contributed by atoms with Crippen molar-refractivity contribution in [3.05, 3.63) is 24.3 Å². The van der Waals surface area contributed by atoms with Gasteiger partial charge >= 0.3 is 11.9 Å². The van der Waals surface area contributed by atoms with E-state index in [4.69, 9.17) is 9.47 Å². The second-order valence-corrected chi connectivity index (χ2v) is 25.2. The third-order valence-electron chi connectivity index (χ3n) is 12.2. The summed E-state index contributed by atoms with van der Waals surface area (Å²) in [4.78, 5) is 135. The molecular weight excluding hydrogens is 1010 g/mol. The number of thioether (sulfide) groups is 2. The molecule has 0 aliphatic carbocycles. The average Bonchev–Trinajstić information content (AvgIpc) is 3.53. The Morgan fingerprint density at radius 3 is 1.15 bits per heavy atom. The van der Waals surface area contributed by atoms with Crippen molar-refractivity contribution in [1.82, 2.24) is 42.5 Å². The quantitative estimate of drug-likeness (QED) is 0.0564. The number of hydrogen-bond donors (Lipinski definition) is 8. The molecule has 8 amide bonds. The summed E-state index contributed by atoms with van der Waals surface area (Å²) in [5.74, 6) is -5.77. The predicted octanol–water partition coefficient (Wildman–Crippen LogP) is 1.66. The normalized spacial score (nSPS) is 31.3. The van der Waals surface area contributed by atoms with Gasteiger partial charge in [-0.3, -0.25) is 38.4 Å². The number of rotatable bonds is 13. The van der Waals surface area contributed by atoms with Gasteiger partial charge < -0.3 is 52.0 Å². The van der Waals surface area contributed by atoms with Gasteiger partial charge in [-0.2, -0.15) is 23.5 Å². The number of cyclic esters (lactones) is 2. The van der Waals surface area contributed by atoms with Crippen molar-refractivity contribution in [3.8, 4) is 0 Å². The Balaban J connectivity index is 1.40. The lowest BCUT2D eigenvalue weighted by molar-refractivity contribution is -0.154. The zero-order valence-electron chi connectivity index (χ0n) is 42.7. The lowest BCUT2D eigenvalue weighted by Crippen LogP contribution is -2.59. The SMILES string of the molecule is CC1SC[C@@H]2NC(=O)[C@@H](C(C)C)NC(=O)C[C@H](/C=C/CCSSCC/C=C/[C@H]3CC(=O)N[C@H](C(C)C)C(=O)N[C@H]4CSC(C)C(NC4=O)C(=O)N[C@@H](C(C)C)C(=O)O3)OC(=O)[C@H](C(C)C)NC(=O)C1NC2=O. The van der Waals surface area contributed by atoms with Crippen LogP contribution in [0.4, 0.5) is 0 Å². The third-order valence-corrected chi connectivity index (χ3v) is 17.3. The summed E-state index contributed by atoms with van der Waals surface area (Å²) >= 11 is 2.65. The average molecular weight is 1080 g/mol. The zero-order chi connectivity index (χ0) is 53.4. The van der Waals surface area contributed by atoms with Gasteiger partial charge in [-0.1, -0.05) is 103 Å². The highest BCUT2D eigenvalue weighted by Crippen LogP contribution is 2.25. The maximum Gasteiger partial charge on any atom is 0.329 e. The summed E-state index contributed by atoms with van der Waals surface area (Å²) in [7, 11) is 3.14. The highest BCUT2D eigenvalue weighted by atomic mass is 33.1. The van der Waals surface area contributed by atoms with Crippen LogP contribution in [0.15, 0.2) is 24.3 Å². The van der Waals surface area contributed by atoms with Crippen LogP contribution < -0.4 is 42.5 Å². The van der Waals surface area contributed by atoms with E-state index in [0.29, 0.717) is 24.3 Å². The summed E-state index contributed by atoms with van der Waals surface area (Å²) in [6.07, 6.45) is 5.22. The van der Waals surface area contributed by atoms with Gasteiger partial charge in [-0.05, 0) is 48.7 Å². The monoisotopic (exact) mass is 1080 g/mol. The van der Waals surface area contributed by atoms with E-state index in [-0.39, 0.29) is 46.7 Å². The van der Waals surface area contributed by atoms with Gasteiger partial charge in [0.1, 0.15) is 60.5 Å². The number of carbonyl (C=O) groups excluding carboxylic acids is 10. The molecule has 8 N–H and O–H groups in total. The number of carbonyl (C=O) groups is 10. The molecule has 0 radical (unpaired) electrons. The van der Waals surface area contributed by atoms with Crippen molar-refractivity contribution >= 4 is 104 Å². The second-order valence-electron chi connectivity index (χ2n) is 19.6. The highest BCUT2D eigenvalue weighted by Gasteiger charge is 2.41. The molecule has 4 bridgehead atoms. The first-order chi connectivity index (χ1) is 34.0. The molecule has 4 fully saturated rings. The minimum Gasteiger partial charge on any atom is -0.456 e. The summed E-state index contributed by atoms with van der Waals surface area (Å²) in [5.41, 5.74) is 0. The van der Waals surface area contributed by atoms with Crippen molar-refractivity contribution in [3.63, 3.8) is 0 Å². The van der Waals surface area contributed by atoms with Gasteiger partial charge in [0.05, 0.1) is 12.8 Å². The first-order valence-corrected chi connectivity index (χ1v) is 29.2. The minimum absolute atomic E-state index is 0.204. The molecule has 12 atom stereocenters. The van der Waals surface area contributed by atoms with E-state index in [9.17, 15) is 47.9 Å². The molecule has 20 nitrogen and oxygen atoms in total. The summed E-state index contributed by atoms with van der Waals surface area (Å²) in [5, 5.41) is 21.2. The number of nitrogens with one attached hydrogen (secondary N) is 8. The van der Waals surface area contributed by atoms with Crippen LogP contribution >= 0.6 is 45.1 Å². The summed E-state index contributed by atoms with van der Waals surface area (Å²) in [6.45, 7) is 17.6. The first-order valence-electron chi connectivity index (χ1n) is 24.6. The van der Waals surface area contributed by atoms with Crippen LogP contribution in [-0.4, -0.2) is 153 Å². The molecule has 4 aliphatic heterocycles. The zero-order valence-corrected chi connectivity index (χ0v) is 46.0. The molecule has 4 saturated heterocycles. The van der Waals surface area contributed by atoms with Gasteiger partial charge in [-0.15, -0.1) is 0 Å². The number of esters is 2. The Kier molecular flexibility index (Phi) is 24.1. The highest BCUT2D eigenvalue weighted by molar-refractivity contribution is 8.76. The maximum atomic E-state index is 13.7. The van der Waals surface area contributed by atoms with E-state index in [1.54, 1.807) is 115 Å². The van der Waals surface area contributed by atoms with Crippen molar-refractivity contribution in [2.45, 2.75) is 166 Å². The fourth-order valence-electron chi connectivity index (χ4n) is 7.85. The Morgan fingerprint density at radius 1 is 0.472 bits per heavy atom. The number of amides is 8. The number of hydrogen-bond acceptors (Lipinski definition) is 16. The third kappa shape index (κ3) is 18.2. The molecule has 4 heterocycles. The van der Waals surface area contributed by atoms with Crippen molar-refractivity contribution in [1.29, 1.82) is 0 Å². The van der Waals surface area contributed by atoms with Gasteiger partial charge in [0.15, 0.2) is 0 Å². The Labute approximate surface area is 439 Å². The molecule has 4 rings (SSSR count). The predicted molar refractivity (Wildman–Crippen MR) is 280 cm³/mol. The van der Waals surface area contributed by atoms with Crippen LogP contribution in [0.5, 0.6) is 0 Å². The molecule has 24 heteroatoms. The van der Waals surface area contributed by atoms with Crippen molar-refractivity contribution in [2.24, 2.45) is 23.7 Å². The van der Waals surface area contributed by atoms with E-state index >= 15 is 0 Å². The van der Waals surface area contributed by atoms with E-state index in [0.717, 1.165) is 0 Å². The molecule has 4 unspecified atom stereocenters. The van der Waals surface area contributed by atoms with Gasteiger partial charge in [0.25, 0.3) is 0 Å². The standard InChI is InChI=1S/C48H74N8O12S4/c1-23(2)35-43(61)49-31-21-69-27(9)39(55-41(31)59)45(63)53-37(25(5)6)47(65)67-29(19-33(57)51-35)15-11-13-17-71-72-18-14-12-16-30-20-34(58)52-36(24(3)4)44(62)50-32-22-70-28(10)40(56-42(32)60)46(64)54-38(26(7)8)48(66)68-30/h11-12,15-16,23-32,35-40H,13-14,17-22H2,1-10H3,(H,49,61)(H,50,62)(H,51,57)(H,52,58)(H,53,63)(H,54,64)(H,55,59)(H,56,60)/b15-11+,16-12+/t27?,28?,29-,30-,31-,32-,35+,36+,37-,38-,39?,40?/m0/s1. The molecule has 0 saturated carbocycles. The van der Waals surface area contributed by atoms with Crippen LogP contribution in [0.3, 0.4) is 0 Å². The second kappa shape index (κ2) is 28.9. The van der Waals surface area contributed by atoms with E-state index in [1.807, 2.05) is 0 Å². The Bertz CT molecular complexity index is 1900. The lowest BCUT2D eigenvalue weighted by atomic mass is 10.0. The maximum absolute atomic E-state index is 13.7. The molecule has 72 heavy (non-hydrogen) atoms. The smallest absolute Gasteiger partial charge is 0.329 e. The van der Waals surface area contributed by atoms with Crippen LogP contribution in [-0.2, 0) is 57.4 Å². The van der Waals surface area contributed by atoms with Crippen LogP contribution in [0.1, 0.15) is 94.9 Å². The molecule has 0 spiro atoms. The van der Waals surface area contributed by atoms with Crippen LogP contribution in [0.2, 0.25) is 0 Å². The summed E-state index contributed by atoms with van der Waals surface area (Å²) < 4.78 is 11.7. The van der Waals surface area contributed by atoms with Crippen molar-refractivity contribution in [2.75, 3.05) is 23.0 Å². The van der Waals surface area contributed by atoms with E-state index < -0.39 is 132 Å². The molecule has 402 valence electrons. The Morgan fingerprint density at radius 2 is 0.819 bits per heavy atom. The molecular formula is C48H74N8O12S4. The minimum atomic E-state index is -1.08. The first kappa shape index (κ1) is 60.1. The fourth-order valence-corrected chi connectivity index (χ4v) is 12.1. The summed E-state index contributed by atoms with van der Waals surface area (Å²) in [6, 6.07) is -8.02. The molecule has 0 aromatic rings. The van der Waals surface area contributed by atoms with Gasteiger partial charge in [0.2, 0.25) is 47.3 Å². The fraction of sp³-hybridized carbons (Fsp3) is 0.708. The van der Waals surface area contributed by atoms with E-state index in [2.05, 4.69) is 42.5 Å².